The Morgan fingerprint density at radius 1 is 1.73 bits per heavy atom. The van der Waals surface area contributed by atoms with Gasteiger partial charge in [0.05, 0.1) is 12.7 Å². The molecule has 11 heavy (non-hydrogen) atoms. The van der Waals surface area contributed by atoms with Crippen LogP contribution in [0.15, 0.2) is 0 Å². The molecule has 64 valence electrons. The highest BCUT2D eigenvalue weighted by Gasteiger charge is 2.27. The summed E-state index contributed by atoms with van der Waals surface area (Å²) in [5, 5.41) is 13.5. The van der Waals surface area contributed by atoms with E-state index in [1.807, 2.05) is 0 Å². The summed E-state index contributed by atoms with van der Waals surface area (Å²) in [5.74, 6) is -0.203. The average molecular weight is 162 g/mol. The second kappa shape index (κ2) is 3.52. The molecule has 1 amide bonds. The van der Waals surface area contributed by atoms with E-state index in [4.69, 9.17) is 5.11 Å². The van der Waals surface area contributed by atoms with Gasteiger partial charge in [-0.15, -0.1) is 0 Å². The number of hydrogen-bond donors (Lipinski definition) is 3. The second-order valence-corrected chi connectivity index (χ2v) is 2.63. The molecule has 0 spiro atoms. The van der Waals surface area contributed by atoms with Crippen LogP contribution in [0.2, 0.25) is 0 Å². The molecule has 1 rings (SSSR count). The Morgan fingerprint density at radius 3 is 3.00 bits per heavy atom. The molecule has 4 nitrogen and oxygen atoms in total. The highest BCUT2D eigenvalue weighted by Crippen LogP contribution is 2.08. The molecule has 0 radical (unpaired) electrons. The van der Waals surface area contributed by atoms with Crippen molar-refractivity contribution in [1.82, 2.24) is 10.6 Å². The maximum atomic E-state index is 12.1. The first kappa shape index (κ1) is 8.26. The highest BCUT2D eigenvalue weighted by atomic mass is 19.1. The predicted molar refractivity (Wildman–Crippen MR) is 37.3 cm³/mol. The van der Waals surface area contributed by atoms with Crippen LogP contribution in [0.5, 0.6) is 0 Å². The van der Waals surface area contributed by atoms with Gasteiger partial charge < -0.3 is 15.7 Å². The van der Waals surface area contributed by atoms with Gasteiger partial charge in [-0.2, -0.15) is 0 Å². The van der Waals surface area contributed by atoms with Crippen molar-refractivity contribution in [3.63, 3.8) is 0 Å². The summed E-state index contributed by atoms with van der Waals surface area (Å²) in [5.41, 5.74) is 0. The first-order valence-electron chi connectivity index (χ1n) is 3.50. The van der Waals surface area contributed by atoms with Crippen molar-refractivity contribution in [3.8, 4) is 0 Å². The Morgan fingerprint density at radius 2 is 2.45 bits per heavy atom. The molecule has 0 unspecified atom stereocenters. The minimum atomic E-state index is -1.09. The molecule has 1 saturated heterocycles. The van der Waals surface area contributed by atoms with E-state index in [1.165, 1.54) is 0 Å². The molecular formula is C6H11FN2O2. The summed E-state index contributed by atoms with van der Waals surface area (Å²) < 4.78 is 12.1. The fourth-order valence-corrected chi connectivity index (χ4v) is 1.22. The Hall–Kier alpha value is -0.840. The van der Waals surface area contributed by atoms with Gasteiger partial charge in [-0.25, -0.2) is 4.79 Å². The van der Waals surface area contributed by atoms with Gasteiger partial charge in [-0.3, -0.25) is 4.39 Å². The van der Waals surface area contributed by atoms with Crippen molar-refractivity contribution in [3.05, 3.63) is 0 Å². The van der Waals surface area contributed by atoms with Gasteiger partial charge in [0.15, 0.2) is 0 Å². The summed E-state index contributed by atoms with van der Waals surface area (Å²) in [7, 11) is 0. The molecule has 0 bridgehead atoms. The van der Waals surface area contributed by atoms with Gasteiger partial charge >= 0.3 is 6.09 Å². The van der Waals surface area contributed by atoms with Crippen LogP contribution >= 0.6 is 0 Å². The Balaban J connectivity index is 2.37. The highest BCUT2D eigenvalue weighted by molar-refractivity contribution is 5.65. The van der Waals surface area contributed by atoms with Crippen LogP contribution in [0.1, 0.15) is 0 Å². The van der Waals surface area contributed by atoms with E-state index < -0.39 is 12.8 Å². The molecule has 0 aliphatic carbocycles. The Kier molecular flexibility index (Phi) is 2.64. The fourth-order valence-electron chi connectivity index (χ4n) is 1.22. The maximum Gasteiger partial charge on any atom is 0.404 e. The van der Waals surface area contributed by atoms with Crippen LogP contribution in [-0.4, -0.2) is 37.0 Å². The SMILES string of the molecule is O=C(O)N[C@H]1CNC[C@@H]1CF. The Bertz CT molecular complexity index is 154. The van der Waals surface area contributed by atoms with E-state index >= 15 is 0 Å². The fraction of sp³-hybridized carbons (Fsp3) is 0.833. The molecule has 1 fully saturated rings. The second-order valence-electron chi connectivity index (χ2n) is 2.63. The molecule has 1 heterocycles. The van der Waals surface area contributed by atoms with Gasteiger partial charge in [0.1, 0.15) is 0 Å². The van der Waals surface area contributed by atoms with Crippen LogP contribution in [-0.2, 0) is 0 Å². The van der Waals surface area contributed by atoms with E-state index in [-0.39, 0.29) is 12.0 Å². The molecule has 1 aliphatic heterocycles. The first-order valence-corrected chi connectivity index (χ1v) is 3.50. The van der Waals surface area contributed by atoms with Crippen LogP contribution in [0.3, 0.4) is 0 Å². The van der Waals surface area contributed by atoms with E-state index in [0.29, 0.717) is 13.1 Å². The molecular weight excluding hydrogens is 151 g/mol. The summed E-state index contributed by atoms with van der Waals surface area (Å²) in [6.45, 7) is 0.611. The number of carboxylic acid groups (broad SMARTS) is 1. The number of hydrogen-bond acceptors (Lipinski definition) is 2. The molecule has 0 aromatic rings. The van der Waals surface area contributed by atoms with E-state index in [9.17, 15) is 9.18 Å². The number of alkyl halides is 1. The van der Waals surface area contributed by atoms with Gasteiger partial charge in [-0.05, 0) is 0 Å². The monoisotopic (exact) mass is 162 g/mol. The standard InChI is InChI=1S/C6H11FN2O2/c7-1-4-2-8-3-5(4)9-6(10)11/h4-5,8-9H,1-3H2,(H,10,11)/t4-,5-/m0/s1. The Labute approximate surface area is 63.8 Å². The lowest BCUT2D eigenvalue weighted by molar-refractivity contribution is 0.186. The van der Waals surface area contributed by atoms with Crippen LogP contribution in [0.4, 0.5) is 9.18 Å². The van der Waals surface area contributed by atoms with Gasteiger partial charge in [-0.1, -0.05) is 0 Å². The van der Waals surface area contributed by atoms with Gasteiger partial charge in [0, 0.05) is 19.0 Å². The largest absolute Gasteiger partial charge is 0.465 e. The number of carbonyl (C=O) groups is 1. The summed E-state index contributed by atoms with van der Waals surface area (Å²) >= 11 is 0. The smallest absolute Gasteiger partial charge is 0.404 e. The topological polar surface area (TPSA) is 61.4 Å². The van der Waals surface area contributed by atoms with Crippen molar-refractivity contribution in [2.24, 2.45) is 5.92 Å². The van der Waals surface area contributed by atoms with Crippen molar-refractivity contribution in [2.75, 3.05) is 19.8 Å². The zero-order valence-electron chi connectivity index (χ0n) is 6.01. The number of rotatable bonds is 2. The molecule has 0 aromatic heterocycles. The number of amides is 1. The zero-order valence-corrected chi connectivity index (χ0v) is 6.01. The number of nitrogens with one attached hydrogen (secondary N) is 2. The third-order valence-electron chi connectivity index (χ3n) is 1.85. The zero-order chi connectivity index (χ0) is 8.27. The average Bonchev–Trinajstić information content (AvgIpc) is 2.34. The number of halogens is 1. The van der Waals surface area contributed by atoms with Crippen molar-refractivity contribution in [2.45, 2.75) is 6.04 Å². The molecule has 5 heteroatoms. The quantitative estimate of drug-likeness (QED) is 0.527. The van der Waals surface area contributed by atoms with Crippen molar-refractivity contribution < 1.29 is 14.3 Å². The lowest BCUT2D eigenvalue weighted by atomic mass is 10.1. The van der Waals surface area contributed by atoms with Crippen molar-refractivity contribution in [1.29, 1.82) is 0 Å². The van der Waals surface area contributed by atoms with E-state index in [1.54, 1.807) is 0 Å². The summed E-state index contributed by atoms with van der Waals surface area (Å²) in [6.07, 6.45) is -1.09. The lowest BCUT2D eigenvalue weighted by Crippen LogP contribution is -2.40. The molecule has 0 aromatic carbocycles. The molecule has 1 aliphatic rings. The van der Waals surface area contributed by atoms with Crippen LogP contribution in [0.25, 0.3) is 0 Å². The van der Waals surface area contributed by atoms with Crippen molar-refractivity contribution >= 4 is 6.09 Å². The minimum absolute atomic E-state index is 0.203. The molecule has 2 atom stereocenters. The van der Waals surface area contributed by atoms with E-state index in [2.05, 4.69) is 10.6 Å². The normalized spacial score (nSPS) is 30.3. The maximum absolute atomic E-state index is 12.1. The summed E-state index contributed by atoms with van der Waals surface area (Å²) in [4.78, 5) is 10.2. The van der Waals surface area contributed by atoms with Crippen LogP contribution < -0.4 is 10.6 Å². The molecule has 0 saturated carbocycles. The lowest BCUT2D eigenvalue weighted by Gasteiger charge is -2.14. The van der Waals surface area contributed by atoms with Crippen LogP contribution in [0, 0.1) is 5.92 Å². The summed E-state index contributed by atoms with van der Waals surface area (Å²) in [6, 6.07) is -0.266. The third-order valence-corrected chi connectivity index (χ3v) is 1.85. The van der Waals surface area contributed by atoms with Gasteiger partial charge in [0.25, 0.3) is 0 Å². The van der Waals surface area contributed by atoms with E-state index in [0.717, 1.165) is 0 Å². The molecule has 3 N–H and O–H groups in total. The first-order chi connectivity index (χ1) is 5.24. The van der Waals surface area contributed by atoms with Gasteiger partial charge in [0.2, 0.25) is 0 Å². The predicted octanol–water partition coefficient (Wildman–Crippen LogP) is -0.189. The minimum Gasteiger partial charge on any atom is -0.465 e. The third kappa shape index (κ3) is 2.04.